The first-order chi connectivity index (χ1) is 8.20. The van der Waals surface area contributed by atoms with Gasteiger partial charge in [-0.25, -0.2) is 4.79 Å². The molecule has 0 saturated carbocycles. The lowest BCUT2D eigenvalue weighted by atomic mass is 10.4. The van der Waals surface area contributed by atoms with Crippen molar-refractivity contribution >= 4 is 14.3 Å². The highest BCUT2D eigenvalue weighted by molar-refractivity contribution is 6.77. The van der Waals surface area contributed by atoms with Crippen molar-refractivity contribution in [3.05, 3.63) is 0 Å². The van der Waals surface area contributed by atoms with Crippen LogP contribution >= 0.6 is 0 Å². The summed E-state index contributed by atoms with van der Waals surface area (Å²) < 4.78 is 11.3. The normalized spacial score (nSPS) is 14.4. The molecule has 0 aliphatic carbocycles. The van der Waals surface area contributed by atoms with Gasteiger partial charge in [0.1, 0.15) is 6.10 Å². The molecular weight excluding hydrogens is 244 g/mol. The molecule has 4 heteroatoms. The van der Waals surface area contributed by atoms with Gasteiger partial charge in [0.05, 0.1) is 6.61 Å². The average molecular weight is 274 g/mol. The van der Waals surface area contributed by atoms with E-state index in [2.05, 4.69) is 41.5 Å². The lowest BCUT2D eigenvalue weighted by Gasteiger charge is -2.43. The van der Waals surface area contributed by atoms with Gasteiger partial charge in [0.15, 0.2) is 0 Å². The number of hydrogen-bond donors (Lipinski definition) is 0. The molecule has 0 amide bonds. The number of ether oxygens (including phenoxy) is 1. The molecule has 3 nitrogen and oxygen atoms in total. The highest BCUT2D eigenvalue weighted by Crippen LogP contribution is 2.42. The Labute approximate surface area is 113 Å². The monoisotopic (exact) mass is 274 g/mol. The van der Waals surface area contributed by atoms with Crippen LogP contribution in [0.4, 0.5) is 0 Å². The van der Waals surface area contributed by atoms with E-state index in [4.69, 9.17) is 9.16 Å². The number of carbonyl (C=O) groups is 1. The van der Waals surface area contributed by atoms with E-state index in [0.29, 0.717) is 23.2 Å². The lowest BCUT2D eigenvalue weighted by molar-refractivity contribution is -0.151. The van der Waals surface area contributed by atoms with Crippen LogP contribution in [0.3, 0.4) is 0 Å². The molecule has 0 saturated heterocycles. The minimum atomic E-state index is -1.98. The fourth-order valence-electron chi connectivity index (χ4n) is 3.02. The van der Waals surface area contributed by atoms with Gasteiger partial charge in [-0.1, -0.05) is 41.5 Å². The summed E-state index contributed by atoms with van der Waals surface area (Å²) in [6.45, 7) is 17.3. The standard InChI is InChI=1S/C14H30O3Si/c1-9-16-14(15)13(8)17-18(10(2)3,11(4)5)12(6)7/h10-13H,9H2,1-8H3/t13-/m0/s1. The van der Waals surface area contributed by atoms with Crippen molar-refractivity contribution in [3.8, 4) is 0 Å². The molecule has 0 heterocycles. The summed E-state index contributed by atoms with van der Waals surface area (Å²) in [5, 5.41) is 0. The molecule has 0 spiro atoms. The van der Waals surface area contributed by atoms with Crippen LogP contribution in [0, 0.1) is 0 Å². The minimum absolute atomic E-state index is 0.240. The number of hydrogen-bond acceptors (Lipinski definition) is 3. The third kappa shape index (κ3) is 3.82. The molecule has 0 bridgehead atoms. The van der Waals surface area contributed by atoms with E-state index < -0.39 is 14.4 Å². The van der Waals surface area contributed by atoms with Crippen LogP contribution in [-0.2, 0) is 14.0 Å². The summed E-state index contributed by atoms with van der Waals surface area (Å²) in [6.07, 6.45) is -0.455. The topological polar surface area (TPSA) is 35.5 Å². The summed E-state index contributed by atoms with van der Waals surface area (Å²) in [5.41, 5.74) is 1.44. The fraction of sp³-hybridized carbons (Fsp3) is 0.929. The molecule has 0 radical (unpaired) electrons. The van der Waals surface area contributed by atoms with Crippen molar-refractivity contribution in [3.63, 3.8) is 0 Å². The van der Waals surface area contributed by atoms with Gasteiger partial charge in [-0.15, -0.1) is 0 Å². The van der Waals surface area contributed by atoms with E-state index >= 15 is 0 Å². The molecule has 0 unspecified atom stereocenters. The van der Waals surface area contributed by atoms with Gasteiger partial charge in [-0.05, 0) is 30.5 Å². The smallest absolute Gasteiger partial charge is 0.333 e. The van der Waals surface area contributed by atoms with Crippen LogP contribution in [0.25, 0.3) is 0 Å². The third-order valence-corrected chi connectivity index (χ3v) is 9.88. The zero-order valence-corrected chi connectivity index (χ0v) is 14.2. The minimum Gasteiger partial charge on any atom is -0.464 e. The Balaban J connectivity index is 5.06. The second-order valence-electron chi connectivity index (χ2n) is 5.83. The third-order valence-electron chi connectivity index (χ3n) is 3.71. The predicted molar refractivity (Wildman–Crippen MR) is 78.2 cm³/mol. The summed E-state index contributed by atoms with van der Waals surface area (Å²) in [4.78, 5) is 11.8. The number of carbonyl (C=O) groups excluding carboxylic acids is 1. The molecule has 0 aliphatic heterocycles. The highest BCUT2D eigenvalue weighted by atomic mass is 28.4. The lowest BCUT2D eigenvalue weighted by Crippen LogP contribution is -2.51. The second-order valence-corrected chi connectivity index (χ2v) is 11.2. The average Bonchev–Trinajstić information content (AvgIpc) is 2.24. The maximum atomic E-state index is 11.8. The molecule has 0 fully saturated rings. The van der Waals surface area contributed by atoms with Gasteiger partial charge >= 0.3 is 5.97 Å². The molecular formula is C14H30O3Si. The van der Waals surface area contributed by atoms with Gasteiger partial charge in [-0.2, -0.15) is 0 Å². The first-order valence-corrected chi connectivity index (χ1v) is 9.18. The van der Waals surface area contributed by atoms with Gasteiger partial charge < -0.3 is 9.16 Å². The van der Waals surface area contributed by atoms with Gasteiger partial charge in [0.25, 0.3) is 0 Å². The van der Waals surface area contributed by atoms with E-state index in [1.165, 1.54) is 0 Å². The largest absolute Gasteiger partial charge is 0.464 e. The Hall–Kier alpha value is -0.353. The zero-order valence-electron chi connectivity index (χ0n) is 13.2. The zero-order chi connectivity index (χ0) is 14.5. The first kappa shape index (κ1) is 17.6. The van der Waals surface area contributed by atoms with Gasteiger partial charge in [0.2, 0.25) is 8.32 Å². The summed E-state index contributed by atoms with van der Waals surface area (Å²) in [6, 6.07) is 0. The summed E-state index contributed by atoms with van der Waals surface area (Å²) >= 11 is 0. The van der Waals surface area contributed by atoms with Crippen LogP contribution in [-0.4, -0.2) is 27.0 Å². The quantitative estimate of drug-likeness (QED) is 0.517. The SMILES string of the molecule is CCOC(=O)[C@H](C)O[Si](C(C)C)(C(C)C)C(C)C. The van der Waals surface area contributed by atoms with Gasteiger partial charge in [0, 0.05) is 0 Å². The van der Waals surface area contributed by atoms with Crippen molar-refractivity contribution < 1.29 is 14.0 Å². The Morgan fingerprint density at radius 1 is 0.944 bits per heavy atom. The van der Waals surface area contributed by atoms with Crippen molar-refractivity contribution in [1.82, 2.24) is 0 Å². The van der Waals surface area contributed by atoms with Crippen LogP contribution in [0.15, 0.2) is 0 Å². The number of esters is 1. The molecule has 1 atom stereocenters. The molecule has 18 heavy (non-hydrogen) atoms. The fourth-order valence-corrected chi connectivity index (χ4v) is 8.55. The summed E-state index contributed by atoms with van der Waals surface area (Å²) in [5.74, 6) is -0.240. The molecule has 0 aliphatic rings. The van der Waals surface area contributed by atoms with E-state index in [9.17, 15) is 4.79 Å². The van der Waals surface area contributed by atoms with Crippen molar-refractivity contribution in [2.75, 3.05) is 6.61 Å². The maximum absolute atomic E-state index is 11.8. The van der Waals surface area contributed by atoms with E-state index in [1.54, 1.807) is 0 Å². The van der Waals surface area contributed by atoms with Crippen LogP contribution < -0.4 is 0 Å². The van der Waals surface area contributed by atoms with E-state index in [0.717, 1.165) is 0 Å². The summed E-state index contributed by atoms with van der Waals surface area (Å²) in [7, 11) is -1.98. The van der Waals surface area contributed by atoms with Gasteiger partial charge in [-0.3, -0.25) is 0 Å². The molecule has 0 aromatic rings. The van der Waals surface area contributed by atoms with Crippen molar-refractivity contribution in [2.24, 2.45) is 0 Å². The van der Waals surface area contributed by atoms with Crippen LogP contribution in [0.5, 0.6) is 0 Å². The first-order valence-electron chi connectivity index (χ1n) is 7.04. The van der Waals surface area contributed by atoms with Crippen molar-refractivity contribution in [2.45, 2.75) is 78.1 Å². The maximum Gasteiger partial charge on any atom is 0.333 e. The van der Waals surface area contributed by atoms with E-state index in [1.807, 2.05) is 13.8 Å². The Kier molecular flexibility index (Phi) is 7.15. The Morgan fingerprint density at radius 2 is 1.33 bits per heavy atom. The predicted octanol–water partition coefficient (Wildman–Crippen LogP) is 4.13. The second kappa shape index (κ2) is 7.29. The molecule has 0 aromatic carbocycles. The molecule has 0 N–H and O–H groups in total. The Bertz CT molecular complexity index is 240. The van der Waals surface area contributed by atoms with E-state index in [-0.39, 0.29) is 5.97 Å². The van der Waals surface area contributed by atoms with Crippen molar-refractivity contribution in [1.29, 1.82) is 0 Å². The molecule has 0 aromatic heterocycles. The highest BCUT2D eigenvalue weighted by Gasteiger charge is 2.47. The molecule has 0 rings (SSSR count). The Morgan fingerprint density at radius 3 is 1.61 bits per heavy atom. The van der Waals surface area contributed by atoms with Crippen LogP contribution in [0.2, 0.25) is 16.6 Å². The number of rotatable bonds is 7. The molecule has 108 valence electrons. The van der Waals surface area contributed by atoms with Crippen LogP contribution in [0.1, 0.15) is 55.4 Å².